The van der Waals surface area contributed by atoms with Gasteiger partial charge in [0.1, 0.15) is 0 Å². The zero-order chi connectivity index (χ0) is 13.7. The van der Waals surface area contributed by atoms with Gasteiger partial charge in [-0.2, -0.15) is 0 Å². The van der Waals surface area contributed by atoms with Crippen LogP contribution in [0.3, 0.4) is 0 Å². The monoisotopic (exact) mass is 254 g/mol. The van der Waals surface area contributed by atoms with Crippen LogP contribution < -0.4 is 10.6 Å². The largest absolute Gasteiger partial charge is 0.399 e. The van der Waals surface area contributed by atoms with Crippen LogP contribution in [0.15, 0.2) is 48.5 Å². The van der Waals surface area contributed by atoms with Crippen molar-refractivity contribution >= 4 is 11.4 Å². The minimum atomic E-state index is 0.807. The molecule has 2 rings (SSSR count). The number of rotatable bonds is 5. The Hall–Kier alpha value is -1.96. The molecule has 100 valence electrons. The molecule has 2 heteroatoms. The molecule has 0 atom stereocenters. The van der Waals surface area contributed by atoms with Crippen molar-refractivity contribution in [2.45, 2.75) is 26.3 Å². The van der Waals surface area contributed by atoms with E-state index in [1.165, 1.54) is 23.2 Å². The van der Waals surface area contributed by atoms with Crippen LogP contribution >= 0.6 is 0 Å². The molecule has 0 bridgehead atoms. The first-order valence-corrected chi connectivity index (χ1v) is 6.83. The second kappa shape index (κ2) is 6.28. The number of benzene rings is 2. The fourth-order valence-corrected chi connectivity index (χ4v) is 2.19. The summed E-state index contributed by atoms with van der Waals surface area (Å²) in [6.07, 6.45) is 2.36. The minimum Gasteiger partial charge on any atom is -0.399 e. The van der Waals surface area contributed by atoms with Gasteiger partial charge < -0.3 is 10.6 Å². The van der Waals surface area contributed by atoms with Crippen LogP contribution in [0.25, 0.3) is 0 Å². The Balaban J connectivity index is 2.01. The van der Waals surface area contributed by atoms with Crippen molar-refractivity contribution in [3.8, 4) is 0 Å². The van der Waals surface area contributed by atoms with Gasteiger partial charge in [0, 0.05) is 25.0 Å². The topological polar surface area (TPSA) is 29.3 Å². The highest BCUT2D eigenvalue weighted by Gasteiger charge is 2.02. The molecule has 0 saturated carbocycles. The summed E-state index contributed by atoms with van der Waals surface area (Å²) in [6.45, 7) is 3.12. The van der Waals surface area contributed by atoms with E-state index < -0.39 is 0 Å². The molecule has 0 saturated heterocycles. The lowest BCUT2D eigenvalue weighted by Crippen LogP contribution is -2.16. The fourth-order valence-electron chi connectivity index (χ4n) is 2.19. The van der Waals surface area contributed by atoms with E-state index >= 15 is 0 Å². The molecule has 0 unspecified atom stereocenters. The maximum Gasteiger partial charge on any atom is 0.0426 e. The van der Waals surface area contributed by atoms with Gasteiger partial charge in [-0.3, -0.25) is 0 Å². The molecule has 0 amide bonds. The summed E-state index contributed by atoms with van der Waals surface area (Å²) in [5.41, 5.74) is 10.4. The van der Waals surface area contributed by atoms with Gasteiger partial charge in [0.05, 0.1) is 0 Å². The third kappa shape index (κ3) is 3.75. The van der Waals surface area contributed by atoms with Crippen LogP contribution in [0.2, 0.25) is 0 Å². The number of nitrogen functional groups attached to an aromatic ring is 1. The molecular weight excluding hydrogens is 232 g/mol. The van der Waals surface area contributed by atoms with E-state index in [0.29, 0.717) is 0 Å². The zero-order valence-corrected chi connectivity index (χ0v) is 11.8. The standard InChI is InChI=1S/C17H22N2/c1-3-4-14-5-7-15(8-6-14)13-19(2)17-11-9-16(18)10-12-17/h5-12H,3-4,13,18H2,1-2H3. The van der Waals surface area contributed by atoms with Gasteiger partial charge in [-0.05, 0) is 41.8 Å². The number of aryl methyl sites for hydroxylation is 1. The third-order valence-electron chi connectivity index (χ3n) is 3.32. The quantitative estimate of drug-likeness (QED) is 0.821. The molecule has 2 aromatic rings. The maximum atomic E-state index is 5.71. The Bertz CT molecular complexity index is 500. The molecule has 2 N–H and O–H groups in total. The van der Waals surface area contributed by atoms with E-state index in [4.69, 9.17) is 5.73 Å². The van der Waals surface area contributed by atoms with Crippen LogP contribution in [0.5, 0.6) is 0 Å². The van der Waals surface area contributed by atoms with Crippen molar-refractivity contribution < 1.29 is 0 Å². The Morgan fingerprint density at radius 1 is 0.895 bits per heavy atom. The van der Waals surface area contributed by atoms with E-state index in [9.17, 15) is 0 Å². The molecule has 0 heterocycles. The molecule has 0 aliphatic rings. The molecule has 0 spiro atoms. The van der Waals surface area contributed by atoms with Gasteiger partial charge in [-0.1, -0.05) is 37.6 Å². The molecule has 0 radical (unpaired) electrons. The SMILES string of the molecule is CCCc1ccc(CN(C)c2ccc(N)cc2)cc1. The first-order chi connectivity index (χ1) is 9.19. The molecule has 2 aromatic carbocycles. The van der Waals surface area contributed by atoms with Crippen molar-refractivity contribution in [2.75, 3.05) is 17.7 Å². The van der Waals surface area contributed by atoms with Crippen molar-refractivity contribution in [1.29, 1.82) is 0 Å². The van der Waals surface area contributed by atoms with Gasteiger partial charge in [-0.25, -0.2) is 0 Å². The normalized spacial score (nSPS) is 10.4. The second-order valence-corrected chi connectivity index (χ2v) is 5.01. The lowest BCUT2D eigenvalue weighted by Gasteiger charge is -2.19. The average Bonchev–Trinajstić information content (AvgIpc) is 2.42. The van der Waals surface area contributed by atoms with Crippen LogP contribution in [0.4, 0.5) is 11.4 Å². The lowest BCUT2D eigenvalue weighted by atomic mass is 10.1. The third-order valence-corrected chi connectivity index (χ3v) is 3.32. The fraction of sp³-hybridized carbons (Fsp3) is 0.294. The molecule has 0 aliphatic carbocycles. The van der Waals surface area contributed by atoms with Crippen molar-refractivity contribution in [1.82, 2.24) is 0 Å². The van der Waals surface area contributed by atoms with Crippen LogP contribution in [-0.4, -0.2) is 7.05 Å². The Kier molecular flexibility index (Phi) is 4.45. The summed E-state index contributed by atoms with van der Waals surface area (Å²) < 4.78 is 0. The molecule has 0 aliphatic heterocycles. The van der Waals surface area contributed by atoms with Crippen molar-refractivity contribution in [2.24, 2.45) is 0 Å². The average molecular weight is 254 g/mol. The number of hydrogen-bond donors (Lipinski definition) is 1. The summed E-state index contributed by atoms with van der Waals surface area (Å²) in [6, 6.07) is 16.9. The highest BCUT2D eigenvalue weighted by atomic mass is 15.1. The van der Waals surface area contributed by atoms with Gasteiger partial charge >= 0.3 is 0 Å². The van der Waals surface area contributed by atoms with E-state index in [1.54, 1.807) is 0 Å². The van der Waals surface area contributed by atoms with Crippen LogP contribution in [0, 0.1) is 0 Å². The van der Waals surface area contributed by atoms with Gasteiger partial charge in [-0.15, -0.1) is 0 Å². The second-order valence-electron chi connectivity index (χ2n) is 5.01. The van der Waals surface area contributed by atoms with Gasteiger partial charge in [0.15, 0.2) is 0 Å². The van der Waals surface area contributed by atoms with Gasteiger partial charge in [0.2, 0.25) is 0 Å². The highest BCUT2D eigenvalue weighted by molar-refractivity contribution is 5.52. The molecular formula is C17H22N2. The molecule has 0 aromatic heterocycles. The predicted molar refractivity (Wildman–Crippen MR) is 83.4 cm³/mol. The predicted octanol–water partition coefficient (Wildman–Crippen LogP) is 3.86. The number of nitrogens with two attached hydrogens (primary N) is 1. The van der Waals surface area contributed by atoms with E-state index in [2.05, 4.69) is 55.3 Å². The van der Waals surface area contributed by atoms with E-state index in [-0.39, 0.29) is 0 Å². The van der Waals surface area contributed by atoms with E-state index in [1.807, 2.05) is 12.1 Å². The number of anilines is 2. The first-order valence-electron chi connectivity index (χ1n) is 6.83. The Morgan fingerprint density at radius 3 is 2.05 bits per heavy atom. The number of nitrogens with zero attached hydrogens (tertiary/aromatic N) is 1. The van der Waals surface area contributed by atoms with Crippen molar-refractivity contribution in [3.63, 3.8) is 0 Å². The smallest absolute Gasteiger partial charge is 0.0426 e. The molecule has 2 nitrogen and oxygen atoms in total. The maximum absolute atomic E-state index is 5.71. The minimum absolute atomic E-state index is 0.807. The van der Waals surface area contributed by atoms with Gasteiger partial charge in [0.25, 0.3) is 0 Å². The Morgan fingerprint density at radius 2 is 1.47 bits per heavy atom. The lowest BCUT2D eigenvalue weighted by molar-refractivity contribution is 0.905. The molecule has 19 heavy (non-hydrogen) atoms. The summed E-state index contributed by atoms with van der Waals surface area (Å²) in [5.74, 6) is 0. The Labute approximate surface area is 115 Å². The van der Waals surface area contributed by atoms with E-state index in [0.717, 1.165) is 18.7 Å². The van der Waals surface area contributed by atoms with Crippen molar-refractivity contribution in [3.05, 3.63) is 59.7 Å². The molecule has 0 fully saturated rings. The highest BCUT2D eigenvalue weighted by Crippen LogP contribution is 2.17. The zero-order valence-electron chi connectivity index (χ0n) is 11.8. The van der Waals surface area contributed by atoms with Crippen LogP contribution in [-0.2, 0) is 13.0 Å². The summed E-state index contributed by atoms with van der Waals surface area (Å²) >= 11 is 0. The van der Waals surface area contributed by atoms with Crippen LogP contribution in [0.1, 0.15) is 24.5 Å². The summed E-state index contributed by atoms with van der Waals surface area (Å²) in [5, 5.41) is 0. The number of hydrogen-bond acceptors (Lipinski definition) is 2. The first kappa shape index (κ1) is 13.5. The summed E-state index contributed by atoms with van der Waals surface area (Å²) in [4.78, 5) is 2.23. The summed E-state index contributed by atoms with van der Waals surface area (Å²) in [7, 11) is 2.10.